The summed E-state index contributed by atoms with van der Waals surface area (Å²) >= 11 is 1.81. The van der Waals surface area contributed by atoms with Gasteiger partial charge in [-0.15, -0.1) is 11.8 Å². The van der Waals surface area contributed by atoms with Gasteiger partial charge in [0.15, 0.2) is 0 Å². The second kappa shape index (κ2) is 6.11. The molecule has 2 amide bonds. The summed E-state index contributed by atoms with van der Waals surface area (Å²) < 4.78 is 0. The third-order valence-electron chi connectivity index (χ3n) is 2.81. The molecule has 0 bridgehead atoms. The van der Waals surface area contributed by atoms with Gasteiger partial charge in [0.05, 0.1) is 5.69 Å². The zero-order valence-corrected chi connectivity index (χ0v) is 11.7. The van der Waals surface area contributed by atoms with Crippen molar-refractivity contribution in [3.05, 3.63) is 24.3 Å². The third-order valence-corrected chi connectivity index (χ3v) is 3.85. The molecule has 0 saturated carbocycles. The largest absolute Gasteiger partial charge is 0.336 e. The first kappa shape index (κ1) is 13.2. The molecule has 1 heterocycles. The molecule has 0 aliphatic carbocycles. The Labute approximate surface area is 112 Å². The Kier molecular flexibility index (Phi) is 4.49. The van der Waals surface area contributed by atoms with Gasteiger partial charge < -0.3 is 10.2 Å². The van der Waals surface area contributed by atoms with E-state index >= 15 is 0 Å². The summed E-state index contributed by atoms with van der Waals surface area (Å²) in [6.45, 7) is 2.31. The number of nitrogens with one attached hydrogen (secondary N) is 1. The number of carbonyl (C=O) groups is 1. The zero-order chi connectivity index (χ0) is 13.0. The fraction of sp³-hybridized carbons (Fsp3) is 0.462. The number of hydrogen-bond acceptors (Lipinski definition) is 3. The second-order valence-corrected chi connectivity index (χ2v) is 5.64. The minimum atomic E-state index is 0.00426. The quantitative estimate of drug-likeness (QED) is 0.906. The molecular formula is C13H19N3OS. The standard InChI is InChI=1S/C13H19N3OS/c1-15(2)8-7-14-13(17)16-9-10-18-12-6-4-3-5-11(12)16/h3-6H,7-10H2,1-2H3,(H,14,17). The van der Waals surface area contributed by atoms with Crippen LogP contribution in [0.4, 0.5) is 10.5 Å². The summed E-state index contributed by atoms with van der Waals surface area (Å²) in [5.74, 6) is 0.956. The number of amides is 2. The highest BCUT2D eigenvalue weighted by Gasteiger charge is 2.21. The first-order chi connectivity index (χ1) is 8.68. The number of nitrogens with zero attached hydrogens (tertiary/aromatic N) is 2. The van der Waals surface area contributed by atoms with Crippen molar-refractivity contribution in [2.75, 3.05) is 44.4 Å². The Morgan fingerprint density at radius 3 is 3.00 bits per heavy atom. The highest BCUT2D eigenvalue weighted by Crippen LogP contribution is 2.34. The van der Waals surface area contributed by atoms with E-state index in [1.54, 1.807) is 0 Å². The van der Waals surface area contributed by atoms with E-state index in [0.29, 0.717) is 6.54 Å². The van der Waals surface area contributed by atoms with Crippen LogP contribution in [0, 0.1) is 0 Å². The first-order valence-corrected chi connectivity index (χ1v) is 7.09. The average molecular weight is 265 g/mol. The minimum Gasteiger partial charge on any atom is -0.336 e. The van der Waals surface area contributed by atoms with Gasteiger partial charge in [-0.05, 0) is 26.2 Å². The van der Waals surface area contributed by atoms with E-state index < -0.39 is 0 Å². The molecule has 1 aliphatic rings. The van der Waals surface area contributed by atoms with Gasteiger partial charge >= 0.3 is 6.03 Å². The molecule has 4 nitrogen and oxygen atoms in total. The first-order valence-electron chi connectivity index (χ1n) is 6.10. The van der Waals surface area contributed by atoms with Crippen LogP contribution in [-0.4, -0.2) is 50.4 Å². The van der Waals surface area contributed by atoms with Gasteiger partial charge in [-0.2, -0.15) is 0 Å². The van der Waals surface area contributed by atoms with Gasteiger partial charge in [0, 0.05) is 30.3 Å². The Bertz CT molecular complexity index is 422. The normalized spacial score (nSPS) is 14.5. The van der Waals surface area contributed by atoms with Crippen molar-refractivity contribution in [3.63, 3.8) is 0 Å². The number of para-hydroxylation sites is 1. The highest BCUT2D eigenvalue weighted by molar-refractivity contribution is 7.99. The lowest BCUT2D eigenvalue weighted by Crippen LogP contribution is -2.44. The van der Waals surface area contributed by atoms with Crippen molar-refractivity contribution in [1.29, 1.82) is 0 Å². The van der Waals surface area contributed by atoms with Crippen molar-refractivity contribution in [3.8, 4) is 0 Å². The smallest absolute Gasteiger partial charge is 0.321 e. The number of urea groups is 1. The van der Waals surface area contributed by atoms with Gasteiger partial charge in [-0.25, -0.2) is 4.79 Å². The molecular weight excluding hydrogens is 246 g/mol. The summed E-state index contributed by atoms with van der Waals surface area (Å²) in [6.07, 6.45) is 0. The number of thioether (sulfide) groups is 1. The molecule has 18 heavy (non-hydrogen) atoms. The summed E-state index contributed by atoms with van der Waals surface area (Å²) in [5.41, 5.74) is 1.02. The summed E-state index contributed by atoms with van der Waals surface area (Å²) in [6, 6.07) is 8.07. The molecule has 0 aromatic heterocycles. The number of likely N-dealkylation sites (N-methyl/N-ethyl adjacent to an activating group) is 1. The molecule has 0 atom stereocenters. The Morgan fingerprint density at radius 1 is 1.44 bits per heavy atom. The number of carbonyl (C=O) groups excluding carboxylic acids is 1. The van der Waals surface area contributed by atoms with Crippen LogP contribution < -0.4 is 10.2 Å². The number of hydrogen-bond donors (Lipinski definition) is 1. The van der Waals surface area contributed by atoms with Crippen LogP contribution in [0.15, 0.2) is 29.2 Å². The number of anilines is 1. The Morgan fingerprint density at radius 2 is 2.22 bits per heavy atom. The molecule has 1 aliphatic heterocycles. The van der Waals surface area contributed by atoms with Crippen molar-refractivity contribution in [2.24, 2.45) is 0 Å². The number of rotatable bonds is 3. The van der Waals surface area contributed by atoms with Gasteiger partial charge in [0.25, 0.3) is 0 Å². The van der Waals surface area contributed by atoms with Crippen molar-refractivity contribution in [2.45, 2.75) is 4.90 Å². The monoisotopic (exact) mass is 265 g/mol. The van der Waals surface area contributed by atoms with E-state index in [2.05, 4.69) is 16.3 Å². The van der Waals surface area contributed by atoms with Crippen LogP contribution >= 0.6 is 11.8 Å². The van der Waals surface area contributed by atoms with E-state index in [1.165, 1.54) is 4.90 Å². The van der Waals surface area contributed by atoms with Gasteiger partial charge in [0.1, 0.15) is 0 Å². The molecule has 1 aromatic carbocycles. The van der Waals surface area contributed by atoms with Crippen LogP contribution in [0.25, 0.3) is 0 Å². The maximum Gasteiger partial charge on any atom is 0.321 e. The molecule has 0 fully saturated rings. The van der Waals surface area contributed by atoms with E-state index in [0.717, 1.165) is 24.5 Å². The topological polar surface area (TPSA) is 35.6 Å². The van der Waals surface area contributed by atoms with Crippen molar-refractivity contribution in [1.82, 2.24) is 10.2 Å². The molecule has 0 radical (unpaired) electrons. The van der Waals surface area contributed by atoms with Crippen LogP contribution in [0.1, 0.15) is 0 Å². The summed E-state index contributed by atoms with van der Waals surface area (Å²) in [7, 11) is 4.00. The Balaban J connectivity index is 1.99. The lowest BCUT2D eigenvalue weighted by Gasteiger charge is -2.29. The molecule has 98 valence electrons. The van der Waals surface area contributed by atoms with Crippen LogP contribution in [0.3, 0.4) is 0 Å². The average Bonchev–Trinajstić information content (AvgIpc) is 2.37. The van der Waals surface area contributed by atoms with E-state index in [1.807, 2.05) is 49.0 Å². The fourth-order valence-corrected chi connectivity index (χ4v) is 2.86. The van der Waals surface area contributed by atoms with E-state index in [-0.39, 0.29) is 6.03 Å². The fourth-order valence-electron chi connectivity index (χ4n) is 1.86. The minimum absolute atomic E-state index is 0.00426. The van der Waals surface area contributed by atoms with E-state index in [9.17, 15) is 4.79 Å². The lowest BCUT2D eigenvalue weighted by molar-refractivity contribution is 0.245. The maximum atomic E-state index is 12.1. The van der Waals surface area contributed by atoms with Crippen molar-refractivity contribution >= 4 is 23.5 Å². The molecule has 1 aromatic rings. The Hall–Kier alpha value is -1.20. The molecule has 0 spiro atoms. The molecule has 2 rings (SSSR count). The zero-order valence-electron chi connectivity index (χ0n) is 10.8. The predicted molar refractivity (Wildman–Crippen MR) is 76.5 cm³/mol. The van der Waals surface area contributed by atoms with Crippen LogP contribution in [0.5, 0.6) is 0 Å². The van der Waals surface area contributed by atoms with Gasteiger partial charge in [-0.1, -0.05) is 12.1 Å². The van der Waals surface area contributed by atoms with Gasteiger partial charge in [-0.3, -0.25) is 4.90 Å². The second-order valence-electron chi connectivity index (χ2n) is 4.50. The lowest BCUT2D eigenvalue weighted by atomic mass is 10.3. The number of fused-ring (bicyclic) bond motifs is 1. The highest BCUT2D eigenvalue weighted by atomic mass is 32.2. The SMILES string of the molecule is CN(C)CCNC(=O)N1CCSc2ccccc21. The predicted octanol–water partition coefficient (Wildman–Crippen LogP) is 1.87. The third kappa shape index (κ3) is 3.17. The number of benzene rings is 1. The molecule has 0 unspecified atom stereocenters. The summed E-state index contributed by atoms with van der Waals surface area (Å²) in [4.78, 5) is 17.2. The van der Waals surface area contributed by atoms with Crippen molar-refractivity contribution < 1.29 is 4.79 Å². The summed E-state index contributed by atoms with van der Waals surface area (Å²) in [5, 5.41) is 2.96. The van der Waals surface area contributed by atoms with E-state index in [4.69, 9.17) is 0 Å². The van der Waals surface area contributed by atoms with Crippen LogP contribution in [-0.2, 0) is 0 Å². The maximum absolute atomic E-state index is 12.1. The molecule has 1 N–H and O–H groups in total. The van der Waals surface area contributed by atoms with Crippen LogP contribution in [0.2, 0.25) is 0 Å². The van der Waals surface area contributed by atoms with Gasteiger partial charge in [0.2, 0.25) is 0 Å². The molecule has 5 heteroatoms. The molecule has 0 saturated heterocycles.